The molecular weight excluding hydrogens is 266 g/mol. The van der Waals surface area contributed by atoms with Crippen molar-refractivity contribution in [1.82, 2.24) is 5.32 Å². The lowest BCUT2D eigenvalue weighted by Gasteiger charge is -2.41. The molecule has 21 heavy (non-hydrogen) atoms. The second-order valence-electron chi connectivity index (χ2n) is 6.28. The van der Waals surface area contributed by atoms with Crippen LogP contribution in [0.5, 0.6) is 0 Å². The second-order valence-corrected chi connectivity index (χ2v) is 6.28. The van der Waals surface area contributed by atoms with E-state index in [0.717, 1.165) is 31.2 Å². The molecule has 0 spiro atoms. The Morgan fingerprint density at radius 1 is 1.29 bits per heavy atom. The minimum absolute atomic E-state index is 0.0353. The number of esters is 1. The molecule has 0 aliphatic heterocycles. The first-order valence-corrected chi connectivity index (χ1v) is 7.56. The fourth-order valence-corrected chi connectivity index (χ4v) is 3.88. The molecule has 3 aliphatic carbocycles. The van der Waals surface area contributed by atoms with Crippen molar-refractivity contribution in [3.63, 3.8) is 0 Å². The number of carbonyl (C=O) groups excluding carboxylic acids is 2. The monoisotopic (exact) mass is 287 g/mol. The number of ether oxygens (including phenoxy) is 1. The number of nitrogens with one attached hydrogen (secondary N) is 1. The molecule has 0 saturated heterocycles. The Kier molecular flexibility index (Phi) is 3.70. The molecule has 4 nitrogen and oxygen atoms in total. The molecule has 0 aromatic heterocycles. The van der Waals surface area contributed by atoms with Crippen LogP contribution in [-0.2, 0) is 20.7 Å². The molecule has 4 heteroatoms. The summed E-state index contributed by atoms with van der Waals surface area (Å²) < 4.78 is 4.88. The van der Waals surface area contributed by atoms with Crippen molar-refractivity contribution in [2.45, 2.75) is 37.6 Å². The smallest absolute Gasteiger partial charge is 0.311 e. The fraction of sp³-hybridized carbons (Fsp3) is 0.529. The molecule has 1 amide bonds. The topological polar surface area (TPSA) is 55.4 Å². The normalized spacial score (nSPS) is 29.6. The molecule has 1 atom stereocenters. The Labute approximate surface area is 124 Å². The molecule has 1 unspecified atom stereocenters. The molecule has 1 aromatic carbocycles. The van der Waals surface area contributed by atoms with Crippen molar-refractivity contribution in [3.05, 3.63) is 35.9 Å². The van der Waals surface area contributed by atoms with Gasteiger partial charge in [0.2, 0.25) is 5.91 Å². The van der Waals surface area contributed by atoms with Gasteiger partial charge in [0.05, 0.1) is 18.6 Å². The first-order valence-electron chi connectivity index (χ1n) is 7.56. The Balaban J connectivity index is 1.56. The van der Waals surface area contributed by atoms with Crippen molar-refractivity contribution in [1.29, 1.82) is 0 Å². The summed E-state index contributed by atoms with van der Waals surface area (Å²) in [6.45, 7) is 0. The summed E-state index contributed by atoms with van der Waals surface area (Å²) >= 11 is 0. The minimum atomic E-state index is -0.328. The molecule has 1 N–H and O–H groups in total. The number of rotatable bonds is 5. The number of methoxy groups -OCH3 is 1. The maximum atomic E-state index is 12.2. The Bertz CT molecular complexity index is 534. The molecule has 2 bridgehead atoms. The molecule has 3 saturated carbocycles. The number of hydrogen-bond acceptors (Lipinski definition) is 3. The van der Waals surface area contributed by atoms with Gasteiger partial charge in [-0.15, -0.1) is 0 Å². The first kappa shape index (κ1) is 14.1. The third-order valence-electron chi connectivity index (χ3n) is 4.90. The second kappa shape index (κ2) is 5.51. The van der Waals surface area contributed by atoms with E-state index in [-0.39, 0.29) is 23.3 Å². The number of hydrogen-bond donors (Lipinski definition) is 1. The molecule has 3 fully saturated rings. The van der Waals surface area contributed by atoms with Crippen LogP contribution < -0.4 is 5.32 Å². The molecule has 3 aliphatic rings. The van der Waals surface area contributed by atoms with Crippen LogP contribution in [0.25, 0.3) is 0 Å². The van der Waals surface area contributed by atoms with Crippen LogP contribution in [0.15, 0.2) is 30.3 Å². The van der Waals surface area contributed by atoms with Crippen molar-refractivity contribution in [2.24, 2.45) is 11.8 Å². The van der Waals surface area contributed by atoms with E-state index in [9.17, 15) is 9.59 Å². The number of benzene rings is 1. The van der Waals surface area contributed by atoms with Crippen molar-refractivity contribution in [3.8, 4) is 0 Å². The zero-order valence-electron chi connectivity index (χ0n) is 12.3. The summed E-state index contributed by atoms with van der Waals surface area (Å²) in [4.78, 5) is 24.0. The maximum Gasteiger partial charge on any atom is 0.311 e. The SMILES string of the molecule is COC(=O)C1CC2CC1(NC(=O)CCc1ccccc1)C2. The van der Waals surface area contributed by atoms with Gasteiger partial charge in [0.15, 0.2) is 0 Å². The van der Waals surface area contributed by atoms with E-state index in [0.29, 0.717) is 12.3 Å². The van der Waals surface area contributed by atoms with Gasteiger partial charge in [-0.2, -0.15) is 0 Å². The van der Waals surface area contributed by atoms with E-state index in [1.54, 1.807) is 0 Å². The van der Waals surface area contributed by atoms with E-state index < -0.39 is 0 Å². The van der Waals surface area contributed by atoms with Gasteiger partial charge in [0.1, 0.15) is 0 Å². The van der Waals surface area contributed by atoms with Gasteiger partial charge >= 0.3 is 5.97 Å². The Morgan fingerprint density at radius 2 is 2.00 bits per heavy atom. The van der Waals surface area contributed by atoms with Gasteiger partial charge in [-0.25, -0.2) is 0 Å². The van der Waals surface area contributed by atoms with Gasteiger partial charge in [-0.05, 0) is 37.2 Å². The number of aryl methyl sites for hydroxylation is 1. The highest BCUT2D eigenvalue weighted by Gasteiger charge is 2.60. The third kappa shape index (κ3) is 2.67. The van der Waals surface area contributed by atoms with Crippen molar-refractivity contribution in [2.75, 3.05) is 7.11 Å². The lowest BCUT2D eigenvalue weighted by Crippen LogP contribution is -2.57. The summed E-state index contributed by atoms with van der Waals surface area (Å²) in [5.41, 5.74) is 0.832. The fourth-order valence-electron chi connectivity index (χ4n) is 3.88. The molecule has 112 valence electrons. The summed E-state index contributed by atoms with van der Waals surface area (Å²) in [5.74, 6) is 0.267. The van der Waals surface area contributed by atoms with Gasteiger partial charge in [0, 0.05) is 6.42 Å². The molecule has 1 aromatic rings. The van der Waals surface area contributed by atoms with Gasteiger partial charge in [0.25, 0.3) is 0 Å². The van der Waals surface area contributed by atoms with Crippen LogP contribution in [0.2, 0.25) is 0 Å². The van der Waals surface area contributed by atoms with Crippen molar-refractivity contribution >= 4 is 11.9 Å². The lowest BCUT2D eigenvalue weighted by atomic mass is 9.74. The first-order chi connectivity index (χ1) is 10.1. The van der Waals surface area contributed by atoms with E-state index in [2.05, 4.69) is 5.32 Å². The Morgan fingerprint density at radius 3 is 2.67 bits per heavy atom. The van der Waals surface area contributed by atoms with E-state index in [1.807, 2.05) is 30.3 Å². The molecule has 0 radical (unpaired) electrons. The van der Waals surface area contributed by atoms with Gasteiger partial charge < -0.3 is 10.1 Å². The highest BCUT2D eigenvalue weighted by molar-refractivity contribution is 5.81. The predicted octanol–water partition coefficient (Wildman–Crippen LogP) is 2.08. The quantitative estimate of drug-likeness (QED) is 0.844. The number of amides is 1. The molecule has 0 heterocycles. The summed E-state index contributed by atoms with van der Waals surface area (Å²) in [6, 6.07) is 9.98. The zero-order valence-corrected chi connectivity index (χ0v) is 12.3. The van der Waals surface area contributed by atoms with Crippen LogP contribution in [0.4, 0.5) is 0 Å². The molecular formula is C17H21NO3. The van der Waals surface area contributed by atoms with Crippen molar-refractivity contribution < 1.29 is 14.3 Å². The summed E-state index contributed by atoms with van der Waals surface area (Å²) in [7, 11) is 1.42. The average Bonchev–Trinajstić information content (AvgIpc) is 3.00. The molecule has 4 rings (SSSR count). The highest BCUT2D eigenvalue weighted by atomic mass is 16.5. The average molecular weight is 287 g/mol. The highest BCUT2D eigenvalue weighted by Crippen LogP contribution is 2.56. The van der Waals surface area contributed by atoms with Crippen LogP contribution in [0, 0.1) is 11.8 Å². The van der Waals surface area contributed by atoms with Gasteiger partial charge in [-0.3, -0.25) is 9.59 Å². The summed E-state index contributed by atoms with van der Waals surface area (Å²) in [5, 5.41) is 3.12. The summed E-state index contributed by atoms with van der Waals surface area (Å²) in [6.07, 6.45) is 3.89. The van der Waals surface area contributed by atoms with Crippen LogP contribution in [0.3, 0.4) is 0 Å². The van der Waals surface area contributed by atoms with E-state index in [4.69, 9.17) is 4.74 Å². The zero-order chi connectivity index (χ0) is 14.9. The van der Waals surface area contributed by atoms with Crippen LogP contribution >= 0.6 is 0 Å². The number of fused-ring (bicyclic) bond motifs is 1. The standard InChI is InChI=1S/C17H21NO3/c1-21-16(20)14-9-13-10-17(14,11-13)18-15(19)8-7-12-5-3-2-4-6-12/h2-6,13-14H,7-11H2,1H3,(H,18,19). The number of carbonyl (C=O) groups is 2. The van der Waals surface area contributed by atoms with Gasteiger partial charge in [-0.1, -0.05) is 30.3 Å². The van der Waals surface area contributed by atoms with E-state index in [1.165, 1.54) is 7.11 Å². The van der Waals surface area contributed by atoms with Crippen LogP contribution in [0.1, 0.15) is 31.2 Å². The predicted molar refractivity (Wildman–Crippen MR) is 78.5 cm³/mol. The largest absolute Gasteiger partial charge is 0.469 e. The maximum absolute atomic E-state index is 12.2. The third-order valence-corrected chi connectivity index (χ3v) is 4.90. The Hall–Kier alpha value is -1.84. The van der Waals surface area contributed by atoms with E-state index >= 15 is 0 Å². The minimum Gasteiger partial charge on any atom is -0.469 e. The van der Waals surface area contributed by atoms with Crippen LogP contribution in [-0.4, -0.2) is 24.5 Å². The lowest BCUT2D eigenvalue weighted by molar-refractivity contribution is -0.147.